The van der Waals surface area contributed by atoms with Crippen LogP contribution in [0.2, 0.25) is 5.02 Å². The first kappa shape index (κ1) is 32.6. The minimum Gasteiger partial charge on any atom is -0.383 e. The molecule has 8 N–H and O–H groups in total. The largest absolute Gasteiger partial charge is 0.383 e. The Balaban J connectivity index is 1.33. The van der Waals surface area contributed by atoms with Gasteiger partial charge in [0.2, 0.25) is 0 Å². The van der Waals surface area contributed by atoms with Crippen LogP contribution in [0.3, 0.4) is 0 Å². The number of methoxy groups -OCH3 is 1. The number of guanidine groups is 1. The molecular weight excluding hydrogens is 595 g/mol. The highest BCUT2D eigenvalue weighted by atomic mass is 35.5. The zero-order chi connectivity index (χ0) is 32.1. The molecule has 0 spiro atoms. The molecule has 0 unspecified atom stereocenters. The van der Waals surface area contributed by atoms with Crippen molar-refractivity contribution in [3.63, 3.8) is 0 Å². The summed E-state index contributed by atoms with van der Waals surface area (Å²) in [6.45, 7) is 2.43. The lowest BCUT2D eigenvalue weighted by Gasteiger charge is -2.33. The molecule has 0 bridgehead atoms. The van der Waals surface area contributed by atoms with E-state index in [4.69, 9.17) is 33.2 Å². The highest BCUT2D eigenvalue weighted by Crippen LogP contribution is 2.32. The molecule has 2 aromatic heterocycles. The summed E-state index contributed by atoms with van der Waals surface area (Å²) in [6, 6.07) is 13.6. The maximum absolute atomic E-state index is 15.1. The van der Waals surface area contributed by atoms with E-state index in [0.29, 0.717) is 34.6 Å². The number of nitrogens with zero attached hydrogens (tertiary/aromatic N) is 2. The quantitative estimate of drug-likeness (QED) is 0.0951. The van der Waals surface area contributed by atoms with Gasteiger partial charge in [-0.25, -0.2) is 9.18 Å². The first-order chi connectivity index (χ1) is 21.6. The highest BCUT2D eigenvalue weighted by molar-refractivity contribution is 6.31. The molecule has 0 radical (unpaired) electrons. The molecule has 2 aromatic carbocycles. The minimum absolute atomic E-state index is 0.0444. The van der Waals surface area contributed by atoms with E-state index in [-0.39, 0.29) is 35.1 Å². The number of benzene rings is 2. The molecule has 10 nitrogen and oxygen atoms in total. The number of H-pyrrole nitrogens is 1. The second-order valence-corrected chi connectivity index (χ2v) is 12.5. The van der Waals surface area contributed by atoms with Gasteiger partial charge in [0.15, 0.2) is 11.8 Å². The number of ether oxygens (including phenoxy) is 1. The molecular formula is C33H42ClFN8O2. The van der Waals surface area contributed by atoms with Crippen molar-refractivity contribution in [1.82, 2.24) is 25.2 Å². The van der Waals surface area contributed by atoms with Gasteiger partial charge in [0, 0.05) is 42.4 Å². The van der Waals surface area contributed by atoms with E-state index in [1.165, 1.54) is 4.57 Å². The fourth-order valence-corrected chi connectivity index (χ4v) is 6.45. The molecule has 1 fully saturated rings. The summed E-state index contributed by atoms with van der Waals surface area (Å²) in [5.74, 6) is -0.582. The third kappa shape index (κ3) is 8.09. The molecule has 1 aliphatic heterocycles. The van der Waals surface area contributed by atoms with E-state index in [1.807, 2.05) is 31.2 Å². The van der Waals surface area contributed by atoms with Crippen LogP contribution < -0.4 is 27.8 Å². The van der Waals surface area contributed by atoms with Crippen LogP contribution in [0.5, 0.6) is 0 Å². The predicted octanol–water partition coefficient (Wildman–Crippen LogP) is 4.91. The normalized spacial score (nSPS) is 18.2. The zero-order valence-corrected chi connectivity index (χ0v) is 26.5. The molecule has 0 amide bonds. The van der Waals surface area contributed by atoms with Gasteiger partial charge in [-0.2, -0.15) is 4.98 Å². The fraction of sp³-hybridized carbons (Fsp3) is 0.424. The molecule has 240 valence electrons. The van der Waals surface area contributed by atoms with Gasteiger partial charge < -0.3 is 31.8 Å². The lowest BCUT2D eigenvalue weighted by atomic mass is 9.90. The van der Waals surface area contributed by atoms with Crippen molar-refractivity contribution in [1.29, 1.82) is 5.41 Å². The number of rotatable bonds is 12. The highest BCUT2D eigenvalue weighted by Gasteiger charge is 2.25. The van der Waals surface area contributed by atoms with E-state index in [0.717, 1.165) is 56.1 Å². The summed E-state index contributed by atoms with van der Waals surface area (Å²) >= 11 is 6.26. The second-order valence-electron chi connectivity index (χ2n) is 12.1. The minimum atomic E-state index is -0.520. The maximum Gasteiger partial charge on any atom is 0.354 e. The third-order valence-electron chi connectivity index (χ3n) is 8.36. The average molecular weight is 637 g/mol. The predicted molar refractivity (Wildman–Crippen MR) is 178 cm³/mol. The Hall–Kier alpha value is -3.77. The smallest absolute Gasteiger partial charge is 0.354 e. The number of halogens is 2. The van der Waals surface area contributed by atoms with Crippen molar-refractivity contribution >= 4 is 28.6 Å². The van der Waals surface area contributed by atoms with Gasteiger partial charge in [0.1, 0.15) is 5.65 Å². The lowest BCUT2D eigenvalue weighted by Crippen LogP contribution is -2.47. The van der Waals surface area contributed by atoms with E-state index in [9.17, 15) is 4.79 Å². The molecule has 4 aromatic rings. The summed E-state index contributed by atoms with van der Waals surface area (Å²) in [4.78, 5) is 20.4. The Labute approximate surface area is 267 Å². The first-order valence-electron chi connectivity index (χ1n) is 15.4. The van der Waals surface area contributed by atoms with Crippen LogP contribution in [0, 0.1) is 11.2 Å². The van der Waals surface area contributed by atoms with Crippen LogP contribution in [0.4, 0.5) is 4.39 Å². The lowest BCUT2D eigenvalue weighted by molar-refractivity contribution is 0.158. The Bertz CT molecular complexity index is 1690. The standard InChI is InChI=1S/C33H42ClFN8O2/c1-19(36)5-3-6-20-13-26(30(35)27(34)14-20)29-15-22-17-43(33(44)42-31(22)41-29)25-11-9-21(10-12-25)28-8-4-7-23(39-28)16-24(18-45-2)40-32(37)38/h9-15,17,19,23-24,28,39H,3-8,16,18,36H2,1-2H3,(H4,37,38,40)(H,41,42,44)/t19-,23-,24-,28-/m0/s1. The number of nitrogens with one attached hydrogen (secondary N) is 4. The Kier molecular flexibility index (Phi) is 10.5. The summed E-state index contributed by atoms with van der Waals surface area (Å²) in [5.41, 5.74) is 15.0. The van der Waals surface area contributed by atoms with Gasteiger partial charge in [-0.05, 0) is 86.9 Å². The van der Waals surface area contributed by atoms with Crippen molar-refractivity contribution in [3.8, 4) is 16.9 Å². The van der Waals surface area contributed by atoms with Gasteiger partial charge in [-0.15, -0.1) is 0 Å². The number of piperidine rings is 1. The number of fused-ring (bicyclic) bond motifs is 1. The van der Waals surface area contributed by atoms with Crippen molar-refractivity contribution in [2.75, 3.05) is 13.7 Å². The van der Waals surface area contributed by atoms with Crippen molar-refractivity contribution in [3.05, 3.63) is 81.1 Å². The number of hydrogen-bond donors (Lipinski definition) is 6. The van der Waals surface area contributed by atoms with E-state index in [1.54, 1.807) is 31.5 Å². The first-order valence-corrected chi connectivity index (χ1v) is 15.8. The van der Waals surface area contributed by atoms with E-state index in [2.05, 4.69) is 20.6 Å². The number of aryl methyl sites for hydroxylation is 1. The molecule has 0 saturated carbocycles. The molecule has 4 atom stereocenters. The molecule has 45 heavy (non-hydrogen) atoms. The number of aromatic amines is 1. The zero-order valence-electron chi connectivity index (χ0n) is 25.7. The average Bonchev–Trinajstić information content (AvgIpc) is 3.41. The van der Waals surface area contributed by atoms with Crippen molar-refractivity contribution < 1.29 is 9.13 Å². The monoisotopic (exact) mass is 636 g/mol. The van der Waals surface area contributed by atoms with Gasteiger partial charge >= 0.3 is 5.69 Å². The summed E-state index contributed by atoms with van der Waals surface area (Å²) in [5, 5.41) is 15.0. The topological polar surface area (TPSA) is 160 Å². The third-order valence-corrected chi connectivity index (χ3v) is 8.64. The van der Waals surface area contributed by atoms with Crippen molar-refractivity contribution in [2.24, 2.45) is 11.5 Å². The molecule has 0 aliphatic carbocycles. The fourth-order valence-electron chi connectivity index (χ4n) is 6.21. The summed E-state index contributed by atoms with van der Waals surface area (Å²) < 4.78 is 21.9. The van der Waals surface area contributed by atoms with Gasteiger partial charge in [-0.3, -0.25) is 9.98 Å². The number of nitrogens with two attached hydrogens (primary N) is 2. The van der Waals surface area contributed by atoms with Crippen molar-refractivity contribution in [2.45, 2.75) is 76.0 Å². The summed E-state index contributed by atoms with van der Waals surface area (Å²) in [6.07, 6.45) is 8.07. The van der Waals surface area contributed by atoms with Gasteiger partial charge in [-0.1, -0.05) is 30.2 Å². The summed E-state index contributed by atoms with van der Waals surface area (Å²) in [7, 11) is 1.64. The number of hydrogen-bond acceptors (Lipinski definition) is 6. The van der Waals surface area contributed by atoms with Crippen LogP contribution in [0.25, 0.3) is 28.0 Å². The molecule has 1 saturated heterocycles. The van der Waals surface area contributed by atoms with Gasteiger partial charge in [0.25, 0.3) is 0 Å². The van der Waals surface area contributed by atoms with E-state index < -0.39 is 11.5 Å². The second kappa shape index (κ2) is 14.6. The Morgan fingerprint density at radius 2 is 2.04 bits per heavy atom. The Morgan fingerprint density at radius 1 is 1.27 bits per heavy atom. The molecule has 12 heteroatoms. The Morgan fingerprint density at radius 3 is 2.76 bits per heavy atom. The number of aromatic nitrogens is 3. The van der Waals surface area contributed by atoms with Crippen LogP contribution in [0.15, 0.2) is 53.5 Å². The van der Waals surface area contributed by atoms with E-state index >= 15 is 4.39 Å². The van der Waals surface area contributed by atoms with Crippen LogP contribution in [-0.2, 0) is 11.2 Å². The maximum atomic E-state index is 15.1. The van der Waals surface area contributed by atoms with Crippen LogP contribution >= 0.6 is 11.6 Å². The van der Waals surface area contributed by atoms with Gasteiger partial charge in [0.05, 0.1) is 29.1 Å². The molecule has 5 rings (SSSR count). The SMILES string of the molecule is COC[C@H](C[C@@H]1CCC[C@@H](c2ccc(-n3cc4cc(-c5cc(CCC[C@H](C)N)cc(Cl)c5F)[nH]c4nc3=O)cc2)N1)NC(=N)N. The van der Waals surface area contributed by atoms with Crippen LogP contribution in [-0.4, -0.2) is 52.3 Å². The molecule has 3 heterocycles. The molecule has 1 aliphatic rings. The van der Waals surface area contributed by atoms with Crippen LogP contribution in [0.1, 0.15) is 62.6 Å².